The molecule has 0 aliphatic heterocycles. The Labute approximate surface area is 127 Å². The Morgan fingerprint density at radius 1 is 1.29 bits per heavy atom. The predicted octanol–water partition coefficient (Wildman–Crippen LogP) is 3.58. The van der Waals surface area contributed by atoms with Crippen molar-refractivity contribution in [2.45, 2.75) is 17.9 Å². The molecule has 3 nitrogen and oxygen atoms in total. The molecule has 2 rings (SSSR count). The van der Waals surface area contributed by atoms with Gasteiger partial charge in [-0.2, -0.15) is 0 Å². The topological polar surface area (TPSA) is 55.1 Å². The van der Waals surface area contributed by atoms with Crippen LogP contribution in [0.4, 0.5) is 10.1 Å². The van der Waals surface area contributed by atoms with Gasteiger partial charge in [0.15, 0.2) is 0 Å². The van der Waals surface area contributed by atoms with Gasteiger partial charge in [-0.05, 0) is 42.0 Å². The van der Waals surface area contributed by atoms with Crippen LogP contribution < -0.4 is 11.1 Å². The molecular weight excluding hydrogens is 287 g/mol. The number of carbonyl (C=O) groups is 1. The molecule has 0 bridgehead atoms. The van der Waals surface area contributed by atoms with Crippen LogP contribution >= 0.6 is 11.8 Å². The maximum Gasteiger partial charge on any atom is 0.221 e. The number of anilines is 1. The standard InChI is InChI=1S/C16H17FN2OS/c1-11(20)19-14-5-7-15(8-6-14)21-10-16(18)12-3-2-4-13(17)9-12/h2-9,16H,10,18H2,1H3,(H,19,20). The normalized spacial score (nSPS) is 12.0. The molecule has 0 fully saturated rings. The van der Waals surface area contributed by atoms with Gasteiger partial charge >= 0.3 is 0 Å². The minimum atomic E-state index is -0.271. The lowest BCUT2D eigenvalue weighted by Crippen LogP contribution is -2.13. The van der Waals surface area contributed by atoms with Crippen LogP contribution in [-0.4, -0.2) is 11.7 Å². The predicted molar refractivity (Wildman–Crippen MR) is 84.8 cm³/mol. The van der Waals surface area contributed by atoms with E-state index in [2.05, 4.69) is 5.32 Å². The third kappa shape index (κ3) is 4.88. The summed E-state index contributed by atoms with van der Waals surface area (Å²) in [6.45, 7) is 1.47. The summed E-state index contributed by atoms with van der Waals surface area (Å²) in [5, 5.41) is 2.71. The molecule has 0 heterocycles. The van der Waals surface area contributed by atoms with Crippen LogP contribution in [-0.2, 0) is 4.79 Å². The highest BCUT2D eigenvalue weighted by molar-refractivity contribution is 7.99. The van der Waals surface area contributed by atoms with Crippen LogP contribution in [0, 0.1) is 5.82 Å². The third-order valence-electron chi connectivity index (χ3n) is 2.88. The molecule has 0 spiro atoms. The highest BCUT2D eigenvalue weighted by Gasteiger charge is 2.07. The van der Waals surface area contributed by atoms with E-state index in [9.17, 15) is 9.18 Å². The van der Waals surface area contributed by atoms with Gasteiger partial charge in [0.05, 0.1) is 0 Å². The number of hydrogen-bond acceptors (Lipinski definition) is 3. The number of hydrogen-bond donors (Lipinski definition) is 2. The molecular formula is C16H17FN2OS. The van der Waals surface area contributed by atoms with E-state index in [4.69, 9.17) is 5.73 Å². The van der Waals surface area contributed by atoms with Crippen molar-refractivity contribution in [2.75, 3.05) is 11.1 Å². The monoisotopic (exact) mass is 304 g/mol. The van der Waals surface area contributed by atoms with Crippen LogP contribution in [0.5, 0.6) is 0 Å². The van der Waals surface area contributed by atoms with Gasteiger partial charge in [-0.1, -0.05) is 12.1 Å². The summed E-state index contributed by atoms with van der Waals surface area (Å²) in [6, 6.07) is 13.7. The molecule has 0 aliphatic rings. The van der Waals surface area contributed by atoms with Crippen molar-refractivity contribution >= 4 is 23.4 Å². The molecule has 5 heteroatoms. The van der Waals surface area contributed by atoms with Crippen LogP contribution in [0.15, 0.2) is 53.4 Å². The van der Waals surface area contributed by atoms with Gasteiger partial charge < -0.3 is 11.1 Å². The molecule has 0 saturated heterocycles. The molecule has 21 heavy (non-hydrogen) atoms. The van der Waals surface area contributed by atoms with E-state index >= 15 is 0 Å². The number of thioether (sulfide) groups is 1. The van der Waals surface area contributed by atoms with Crippen LogP contribution in [0.2, 0.25) is 0 Å². The van der Waals surface area contributed by atoms with Crippen LogP contribution in [0.3, 0.4) is 0 Å². The molecule has 0 saturated carbocycles. The summed E-state index contributed by atoms with van der Waals surface area (Å²) in [5.41, 5.74) is 7.62. The van der Waals surface area contributed by atoms with Crippen molar-refractivity contribution in [3.8, 4) is 0 Å². The lowest BCUT2D eigenvalue weighted by Gasteiger charge is -2.12. The number of carbonyl (C=O) groups excluding carboxylic acids is 1. The first kappa shape index (κ1) is 15.5. The van der Waals surface area contributed by atoms with Crippen molar-refractivity contribution in [1.29, 1.82) is 0 Å². The SMILES string of the molecule is CC(=O)Nc1ccc(SCC(N)c2cccc(F)c2)cc1. The number of benzene rings is 2. The quantitative estimate of drug-likeness (QED) is 0.830. The smallest absolute Gasteiger partial charge is 0.221 e. The van der Waals surface area contributed by atoms with Crippen molar-refractivity contribution in [3.63, 3.8) is 0 Å². The summed E-state index contributed by atoms with van der Waals surface area (Å²) in [6.07, 6.45) is 0. The molecule has 0 radical (unpaired) electrons. The molecule has 1 atom stereocenters. The summed E-state index contributed by atoms with van der Waals surface area (Å²) >= 11 is 1.60. The summed E-state index contributed by atoms with van der Waals surface area (Å²) in [7, 11) is 0. The summed E-state index contributed by atoms with van der Waals surface area (Å²) in [4.78, 5) is 12.0. The van der Waals surface area contributed by atoms with Gasteiger partial charge in [0, 0.05) is 29.3 Å². The Bertz CT molecular complexity index is 616. The van der Waals surface area contributed by atoms with Crippen LogP contribution in [0.25, 0.3) is 0 Å². The average molecular weight is 304 g/mol. The van der Waals surface area contributed by atoms with E-state index in [-0.39, 0.29) is 17.8 Å². The fourth-order valence-electron chi connectivity index (χ4n) is 1.86. The molecule has 1 unspecified atom stereocenters. The highest BCUT2D eigenvalue weighted by Crippen LogP contribution is 2.25. The van der Waals surface area contributed by atoms with E-state index < -0.39 is 0 Å². The molecule has 0 aromatic heterocycles. The zero-order chi connectivity index (χ0) is 15.2. The van der Waals surface area contributed by atoms with E-state index in [0.717, 1.165) is 16.1 Å². The first-order chi connectivity index (χ1) is 10.0. The Balaban J connectivity index is 1.92. The van der Waals surface area contributed by atoms with E-state index in [1.807, 2.05) is 30.3 Å². The number of halogens is 1. The Kier molecular flexibility index (Phi) is 5.36. The van der Waals surface area contributed by atoms with Gasteiger partial charge in [-0.15, -0.1) is 11.8 Å². The van der Waals surface area contributed by atoms with E-state index in [1.165, 1.54) is 19.1 Å². The van der Waals surface area contributed by atoms with E-state index in [0.29, 0.717) is 5.75 Å². The maximum atomic E-state index is 13.1. The largest absolute Gasteiger partial charge is 0.326 e. The lowest BCUT2D eigenvalue weighted by molar-refractivity contribution is -0.114. The van der Waals surface area contributed by atoms with Gasteiger partial charge in [-0.25, -0.2) is 4.39 Å². The van der Waals surface area contributed by atoms with Gasteiger partial charge in [-0.3, -0.25) is 4.79 Å². The molecule has 2 aromatic rings. The number of nitrogens with two attached hydrogens (primary N) is 1. The van der Waals surface area contributed by atoms with Crippen molar-refractivity contribution in [2.24, 2.45) is 5.73 Å². The zero-order valence-electron chi connectivity index (χ0n) is 11.7. The summed E-state index contributed by atoms with van der Waals surface area (Å²) < 4.78 is 13.1. The molecule has 1 amide bonds. The van der Waals surface area contributed by atoms with Crippen molar-refractivity contribution < 1.29 is 9.18 Å². The first-order valence-electron chi connectivity index (χ1n) is 6.56. The molecule has 2 aromatic carbocycles. The second-order valence-corrected chi connectivity index (χ2v) is 5.77. The Morgan fingerprint density at radius 2 is 2.00 bits per heavy atom. The molecule has 3 N–H and O–H groups in total. The number of nitrogens with one attached hydrogen (secondary N) is 1. The maximum absolute atomic E-state index is 13.1. The summed E-state index contributed by atoms with van der Waals surface area (Å²) in [5.74, 6) is 0.291. The number of amides is 1. The average Bonchev–Trinajstić information content (AvgIpc) is 2.45. The van der Waals surface area contributed by atoms with Crippen LogP contribution in [0.1, 0.15) is 18.5 Å². The minimum Gasteiger partial charge on any atom is -0.326 e. The Morgan fingerprint density at radius 3 is 2.62 bits per heavy atom. The second-order valence-electron chi connectivity index (χ2n) is 4.68. The van der Waals surface area contributed by atoms with Gasteiger partial charge in [0.1, 0.15) is 5.82 Å². The number of rotatable bonds is 5. The third-order valence-corrected chi connectivity index (χ3v) is 4.01. The minimum absolute atomic E-state index is 0.0940. The lowest BCUT2D eigenvalue weighted by atomic mass is 10.1. The molecule has 110 valence electrons. The second kappa shape index (κ2) is 7.24. The Hall–Kier alpha value is -1.85. The van der Waals surface area contributed by atoms with Crippen molar-refractivity contribution in [1.82, 2.24) is 0 Å². The van der Waals surface area contributed by atoms with Gasteiger partial charge in [0.25, 0.3) is 0 Å². The fourth-order valence-corrected chi connectivity index (χ4v) is 2.75. The van der Waals surface area contributed by atoms with Gasteiger partial charge in [0.2, 0.25) is 5.91 Å². The van der Waals surface area contributed by atoms with E-state index in [1.54, 1.807) is 17.8 Å². The molecule has 0 aliphatic carbocycles. The highest BCUT2D eigenvalue weighted by atomic mass is 32.2. The fraction of sp³-hybridized carbons (Fsp3) is 0.188. The zero-order valence-corrected chi connectivity index (χ0v) is 12.5. The van der Waals surface area contributed by atoms with Crippen molar-refractivity contribution in [3.05, 3.63) is 59.9 Å². The first-order valence-corrected chi connectivity index (χ1v) is 7.54.